The zero-order chi connectivity index (χ0) is 18.8. The maximum atomic E-state index is 13.0. The summed E-state index contributed by atoms with van der Waals surface area (Å²) in [5.41, 5.74) is 1.44. The Kier molecular flexibility index (Phi) is 4.66. The predicted molar refractivity (Wildman–Crippen MR) is 96.0 cm³/mol. The van der Waals surface area contributed by atoms with Crippen LogP contribution >= 0.6 is 0 Å². The molecule has 0 aromatic heterocycles. The molecule has 0 saturated carbocycles. The van der Waals surface area contributed by atoms with Gasteiger partial charge in [-0.2, -0.15) is 0 Å². The molecule has 1 N–H and O–H groups in total. The number of ether oxygens (including phenoxy) is 2. The van der Waals surface area contributed by atoms with Gasteiger partial charge in [-0.15, -0.1) is 0 Å². The number of amides is 2. The number of carbonyl (C=O) groups is 2. The minimum atomic E-state index is -0.425. The van der Waals surface area contributed by atoms with Gasteiger partial charge in [-0.3, -0.25) is 9.59 Å². The van der Waals surface area contributed by atoms with Gasteiger partial charge in [0, 0.05) is 31.3 Å². The third-order valence-corrected chi connectivity index (χ3v) is 4.68. The van der Waals surface area contributed by atoms with Gasteiger partial charge in [-0.05, 0) is 29.8 Å². The van der Waals surface area contributed by atoms with Gasteiger partial charge in [-0.25, -0.2) is 4.39 Å². The summed E-state index contributed by atoms with van der Waals surface area (Å²) >= 11 is 0. The molecule has 2 aliphatic heterocycles. The fraction of sp³-hybridized carbons (Fsp3) is 0.300. The standard InChI is InChI=1S/C20H19FN2O4/c21-15-3-1-13(2-4-15)11-23-12-14(9-19(23)24)20(25)22-16-5-6-17-18(10-16)27-8-7-26-17/h1-6,10,14H,7-9,11-12H2,(H,22,25). The van der Waals surface area contributed by atoms with Gasteiger partial charge in [0.25, 0.3) is 0 Å². The maximum absolute atomic E-state index is 13.0. The lowest BCUT2D eigenvalue weighted by Gasteiger charge is -2.19. The summed E-state index contributed by atoms with van der Waals surface area (Å²) in [6.45, 7) is 1.69. The first-order valence-electron chi connectivity index (χ1n) is 8.81. The van der Waals surface area contributed by atoms with Crippen LogP contribution in [0.3, 0.4) is 0 Å². The highest BCUT2D eigenvalue weighted by Crippen LogP contribution is 2.33. The molecule has 7 heteroatoms. The van der Waals surface area contributed by atoms with Crippen LogP contribution in [-0.4, -0.2) is 36.5 Å². The fourth-order valence-corrected chi connectivity index (χ4v) is 3.28. The van der Waals surface area contributed by atoms with Crippen molar-refractivity contribution in [2.45, 2.75) is 13.0 Å². The summed E-state index contributed by atoms with van der Waals surface area (Å²) in [4.78, 5) is 26.4. The molecule has 0 spiro atoms. The molecule has 2 aromatic rings. The molecule has 6 nitrogen and oxygen atoms in total. The van der Waals surface area contributed by atoms with Gasteiger partial charge >= 0.3 is 0 Å². The zero-order valence-electron chi connectivity index (χ0n) is 14.6. The van der Waals surface area contributed by atoms with E-state index in [0.717, 1.165) is 5.56 Å². The number of hydrogen-bond donors (Lipinski definition) is 1. The van der Waals surface area contributed by atoms with Crippen LogP contribution in [0.5, 0.6) is 11.5 Å². The number of hydrogen-bond acceptors (Lipinski definition) is 4. The number of rotatable bonds is 4. The SMILES string of the molecule is O=C(Nc1ccc2c(c1)OCCO2)C1CC(=O)N(Cc2ccc(F)cc2)C1. The lowest BCUT2D eigenvalue weighted by molar-refractivity contribution is -0.128. The molecule has 140 valence electrons. The number of halogens is 1. The molecule has 0 bridgehead atoms. The third-order valence-electron chi connectivity index (χ3n) is 4.68. The number of benzene rings is 2. The Morgan fingerprint density at radius 3 is 2.63 bits per heavy atom. The van der Waals surface area contributed by atoms with Crippen molar-refractivity contribution in [3.63, 3.8) is 0 Å². The lowest BCUT2D eigenvalue weighted by Crippen LogP contribution is -2.28. The van der Waals surface area contributed by atoms with E-state index in [1.807, 2.05) is 0 Å². The molecular weight excluding hydrogens is 351 g/mol. The fourth-order valence-electron chi connectivity index (χ4n) is 3.28. The van der Waals surface area contributed by atoms with Gasteiger partial charge in [0.2, 0.25) is 11.8 Å². The number of anilines is 1. The first-order valence-corrected chi connectivity index (χ1v) is 8.81. The highest BCUT2D eigenvalue weighted by Gasteiger charge is 2.34. The Hall–Kier alpha value is -3.09. The maximum Gasteiger partial charge on any atom is 0.229 e. The van der Waals surface area contributed by atoms with Crippen molar-refractivity contribution >= 4 is 17.5 Å². The van der Waals surface area contributed by atoms with Crippen molar-refractivity contribution in [2.75, 3.05) is 25.1 Å². The molecule has 0 aliphatic carbocycles. The molecule has 4 rings (SSSR count). The minimum Gasteiger partial charge on any atom is -0.486 e. The minimum absolute atomic E-state index is 0.0818. The Balaban J connectivity index is 1.38. The number of fused-ring (bicyclic) bond motifs is 1. The van der Waals surface area contributed by atoms with Crippen molar-refractivity contribution < 1.29 is 23.5 Å². The van der Waals surface area contributed by atoms with Gasteiger partial charge in [0.15, 0.2) is 11.5 Å². The Bertz CT molecular complexity index is 869. The van der Waals surface area contributed by atoms with Gasteiger partial charge in [-0.1, -0.05) is 12.1 Å². The molecule has 1 fully saturated rings. The molecule has 2 heterocycles. The van der Waals surface area contributed by atoms with Crippen molar-refractivity contribution in [3.05, 3.63) is 53.8 Å². The Labute approximate surface area is 155 Å². The molecule has 1 atom stereocenters. The van der Waals surface area contributed by atoms with Crippen molar-refractivity contribution in [1.82, 2.24) is 4.90 Å². The highest BCUT2D eigenvalue weighted by molar-refractivity contribution is 5.97. The van der Waals surface area contributed by atoms with E-state index < -0.39 is 5.92 Å². The average Bonchev–Trinajstić information content (AvgIpc) is 3.04. The van der Waals surface area contributed by atoms with E-state index in [1.165, 1.54) is 12.1 Å². The van der Waals surface area contributed by atoms with E-state index in [-0.39, 0.29) is 24.1 Å². The normalized spacial score (nSPS) is 18.5. The molecule has 2 amide bonds. The monoisotopic (exact) mass is 370 g/mol. The molecular formula is C20H19FN2O4. The van der Waals surface area contributed by atoms with Gasteiger partial charge < -0.3 is 19.7 Å². The highest BCUT2D eigenvalue weighted by atomic mass is 19.1. The second-order valence-electron chi connectivity index (χ2n) is 6.65. The molecule has 1 saturated heterocycles. The van der Waals surface area contributed by atoms with E-state index in [9.17, 15) is 14.0 Å². The van der Waals surface area contributed by atoms with Gasteiger partial charge in [0.1, 0.15) is 19.0 Å². The predicted octanol–water partition coefficient (Wildman–Crippen LogP) is 2.58. The van der Waals surface area contributed by atoms with Crippen molar-refractivity contribution in [1.29, 1.82) is 0 Å². The smallest absolute Gasteiger partial charge is 0.229 e. The summed E-state index contributed by atoms with van der Waals surface area (Å²) in [5.74, 6) is 0.220. The van der Waals surface area contributed by atoms with Gasteiger partial charge in [0.05, 0.1) is 5.92 Å². The number of carbonyl (C=O) groups excluding carboxylic acids is 2. The van der Waals surface area contributed by atoms with Crippen LogP contribution in [0.2, 0.25) is 0 Å². The average molecular weight is 370 g/mol. The number of nitrogens with one attached hydrogen (secondary N) is 1. The van der Waals surface area contributed by atoms with Crippen molar-refractivity contribution in [2.24, 2.45) is 5.92 Å². The second-order valence-corrected chi connectivity index (χ2v) is 6.65. The summed E-state index contributed by atoms with van der Waals surface area (Å²) in [5, 5.41) is 2.84. The van der Waals surface area contributed by atoms with Crippen LogP contribution in [0.4, 0.5) is 10.1 Å². The quantitative estimate of drug-likeness (QED) is 0.898. The molecule has 2 aliphatic rings. The second kappa shape index (κ2) is 7.26. The lowest BCUT2D eigenvalue weighted by atomic mass is 10.1. The van der Waals surface area contributed by atoms with Crippen LogP contribution in [0.25, 0.3) is 0 Å². The van der Waals surface area contributed by atoms with E-state index in [4.69, 9.17) is 9.47 Å². The first kappa shape index (κ1) is 17.3. The summed E-state index contributed by atoms with van der Waals surface area (Å²) in [6.07, 6.45) is 0.164. The van der Waals surface area contributed by atoms with E-state index in [2.05, 4.69) is 5.32 Å². The topological polar surface area (TPSA) is 67.9 Å². The van der Waals surface area contributed by atoms with E-state index in [0.29, 0.717) is 43.5 Å². The van der Waals surface area contributed by atoms with E-state index in [1.54, 1.807) is 35.2 Å². The molecule has 1 unspecified atom stereocenters. The summed E-state index contributed by atoms with van der Waals surface area (Å²) in [7, 11) is 0. The number of nitrogens with zero attached hydrogens (tertiary/aromatic N) is 1. The van der Waals surface area contributed by atoms with Crippen LogP contribution in [-0.2, 0) is 16.1 Å². The first-order chi connectivity index (χ1) is 13.1. The third kappa shape index (κ3) is 3.86. The molecule has 27 heavy (non-hydrogen) atoms. The largest absolute Gasteiger partial charge is 0.486 e. The van der Waals surface area contributed by atoms with Crippen molar-refractivity contribution in [3.8, 4) is 11.5 Å². The van der Waals surface area contributed by atoms with E-state index >= 15 is 0 Å². The Morgan fingerprint density at radius 2 is 1.85 bits per heavy atom. The number of likely N-dealkylation sites (tertiary alicyclic amines) is 1. The summed E-state index contributed by atoms with van der Waals surface area (Å²) in [6, 6.07) is 11.2. The van der Waals surface area contributed by atoms with Crippen LogP contribution in [0.15, 0.2) is 42.5 Å². The van der Waals surface area contributed by atoms with Crippen LogP contribution in [0, 0.1) is 11.7 Å². The Morgan fingerprint density at radius 1 is 1.11 bits per heavy atom. The van der Waals surface area contributed by atoms with Crippen LogP contribution in [0.1, 0.15) is 12.0 Å². The summed E-state index contributed by atoms with van der Waals surface area (Å²) < 4.78 is 24.0. The molecule has 2 aromatic carbocycles. The molecule has 0 radical (unpaired) electrons. The zero-order valence-corrected chi connectivity index (χ0v) is 14.6. The van der Waals surface area contributed by atoms with Crippen LogP contribution < -0.4 is 14.8 Å².